The van der Waals surface area contributed by atoms with Crippen LogP contribution in [0.4, 0.5) is 0 Å². The number of hydrogen-bond acceptors (Lipinski definition) is 5. The van der Waals surface area contributed by atoms with Crippen LogP contribution in [0.25, 0.3) is 0 Å². The molecule has 2 aliphatic rings. The first-order valence-electron chi connectivity index (χ1n) is 8.23. The largest absolute Gasteiger partial charge is 0.454 e. The van der Waals surface area contributed by atoms with Crippen molar-refractivity contribution in [3.05, 3.63) is 23.8 Å². The van der Waals surface area contributed by atoms with Crippen LogP contribution < -0.4 is 9.47 Å². The summed E-state index contributed by atoms with van der Waals surface area (Å²) in [4.78, 5) is 16.4. The number of piperazine rings is 1. The second kappa shape index (κ2) is 6.33. The van der Waals surface area contributed by atoms with E-state index in [4.69, 9.17) is 9.47 Å². The number of nitrogens with zero attached hydrogens (tertiary/aromatic N) is 3. The summed E-state index contributed by atoms with van der Waals surface area (Å²) in [6, 6.07) is 7.68. The molecule has 0 saturated carbocycles. The van der Waals surface area contributed by atoms with E-state index in [1.54, 1.807) is 0 Å². The van der Waals surface area contributed by atoms with Crippen molar-refractivity contribution in [3.63, 3.8) is 0 Å². The highest BCUT2D eigenvalue weighted by Crippen LogP contribution is 2.35. The van der Waals surface area contributed by atoms with Gasteiger partial charge in [0, 0.05) is 31.6 Å². The number of hydrogen-bond donors (Lipinski definition) is 0. The van der Waals surface area contributed by atoms with Crippen LogP contribution in [-0.4, -0.2) is 48.7 Å². The highest BCUT2D eigenvalue weighted by molar-refractivity contribution is 5.81. The Morgan fingerprint density at radius 2 is 1.83 bits per heavy atom. The van der Waals surface area contributed by atoms with Crippen LogP contribution in [0.15, 0.2) is 18.2 Å². The fourth-order valence-corrected chi connectivity index (χ4v) is 3.11. The molecule has 1 saturated heterocycles. The van der Waals surface area contributed by atoms with E-state index < -0.39 is 0 Å². The molecule has 1 fully saturated rings. The molecule has 1 atom stereocenters. The van der Waals surface area contributed by atoms with Crippen LogP contribution in [0.3, 0.4) is 0 Å². The normalized spacial score (nSPS) is 19.0. The number of rotatable bonds is 2. The van der Waals surface area contributed by atoms with Crippen molar-refractivity contribution >= 4 is 5.91 Å². The average Bonchev–Trinajstić information content (AvgIpc) is 3.02. The van der Waals surface area contributed by atoms with Crippen LogP contribution in [0.2, 0.25) is 0 Å². The Bertz CT molecular complexity index is 667. The van der Waals surface area contributed by atoms with E-state index in [1.165, 1.54) is 0 Å². The number of carbonyl (C=O) groups is 1. The third-order valence-corrected chi connectivity index (χ3v) is 4.44. The minimum atomic E-state index is -0.367. The van der Waals surface area contributed by atoms with Crippen LogP contribution in [0.5, 0.6) is 11.5 Å². The van der Waals surface area contributed by atoms with E-state index >= 15 is 0 Å². The molecule has 0 radical (unpaired) electrons. The quantitative estimate of drug-likeness (QED) is 0.832. The summed E-state index contributed by atoms with van der Waals surface area (Å²) in [5.74, 6) is 1.57. The van der Waals surface area contributed by atoms with Crippen molar-refractivity contribution in [1.29, 1.82) is 5.26 Å². The number of fused-ring (bicyclic) bond motifs is 1. The SMILES string of the molecule is CC(C)(C)C(=O)N1CCN(C(C#N)c2ccc3c(c2)OCO3)CC1. The summed E-state index contributed by atoms with van der Waals surface area (Å²) in [6.45, 7) is 8.72. The van der Waals surface area contributed by atoms with Crippen molar-refractivity contribution in [3.8, 4) is 17.6 Å². The van der Waals surface area contributed by atoms with Gasteiger partial charge in [-0.15, -0.1) is 0 Å². The summed E-state index contributed by atoms with van der Waals surface area (Å²) < 4.78 is 10.7. The van der Waals surface area contributed by atoms with Gasteiger partial charge in [-0.05, 0) is 17.7 Å². The summed E-state index contributed by atoms with van der Waals surface area (Å²) in [7, 11) is 0. The second-order valence-electron chi connectivity index (χ2n) is 7.22. The van der Waals surface area contributed by atoms with Gasteiger partial charge in [0.25, 0.3) is 0 Å². The Morgan fingerprint density at radius 3 is 2.46 bits per heavy atom. The molecule has 2 aliphatic heterocycles. The molecule has 24 heavy (non-hydrogen) atoms. The van der Waals surface area contributed by atoms with Crippen molar-refractivity contribution in [2.75, 3.05) is 33.0 Å². The lowest BCUT2D eigenvalue weighted by Crippen LogP contribution is -2.52. The number of carbonyl (C=O) groups excluding carboxylic acids is 1. The van der Waals surface area contributed by atoms with Crippen molar-refractivity contribution in [1.82, 2.24) is 9.80 Å². The minimum absolute atomic E-state index is 0.165. The highest BCUT2D eigenvalue weighted by atomic mass is 16.7. The first-order chi connectivity index (χ1) is 11.4. The summed E-state index contributed by atoms with van der Waals surface area (Å²) in [5, 5.41) is 9.64. The number of ether oxygens (including phenoxy) is 2. The van der Waals surface area contributed by atoms with Gasteiger partial charge in [-0.3, -0.25) is 9.69 Å². The van der Waals surface area contributed by atoms with E-state index in [0.717, 1.165) is 11.3 Å². The zero-order chi connectivity index (χ0) is 17.3. The Kier molecular flexibility index (Phi) is 4.37. The smallest absolute Gasteiger partial charge is 0.231 e. The van der Waals surface area contributed by atoms with Gasteiger partial charge in [0.1, 0.15) is 6.04 Å². The first kappa shape index (κ1) is 16.6. The molecule has 3 rings (SSSR count). The molecule has 2 heterocycles. The molecular formula is C18H23N3O3. The number of amides is 1. The van der Waals surface area contributed by atoms with E-state index in [0.29, 0.717) is 31.9 Å². The zero-order valence-corrected chi connectivity index (χ0v) is 14.4. The monoisotopic (exact) mass is 329 g/mol. The molecule has 0 N–H and O–H groups in total. The second-order valence-corrected chi connectivity index (χ2v) is 7.22. The minimum Gasteiger partial charge on any atom is -0.454 e. The summed E-state index contributed by atoms with van der Waals surface area (Å²) in [6.07, 6.45) is 0. The van der Waals surface area contributed by atoms with Gasteiger partial charge in [0.05, 0.1) is 6.07 Å². The maximum atomic E-state index is 12.4. The molecule has 6 nitrogen and oxygen atoms in total. The van der Waals surface area contributed by atoms with E-state index in [2.05, 4.69) is 11.0 Å². The van der Waals surface area contributed by atoms with Crippen LogP contribution in [0, 0.1) is 16.7 Å². The maximum absolute atomic E-state index is 12.4. The highest BCUT2D eigenvalue weighted by Gasteiger charge is 2.32. The van der Waals surface area contributed by atoms with E-state index in [1.807, 2.05) is 43.9 Å². The lowest BCUT2D eigenvalue weighted by molar-refractivity contribution is -0.141. The van der Waals surface area contributed by atoms with E-state index in [-0.39, 0.29) is 24.2 Å². The topological polar surface area (TPSA) is 65.8 Å². The fourth-order valence-electron chi connectivity index (χ4n) is 3.11. The molecule has 1 unspecified atom stereocenters. The van der Waals surface area contributed by atoms with Crippen LogP contribution >= 0.6 is 0 Å². The molecule has 1 aromatic rings. The zero-order valence-electron chi connectivity index (χ0n) is 14.4. The number of benzene rings is 1. The number of nitriles is 1. The predicted molar refractivity (Wildman–Crippen MR) is 88.5 cm³/mol. The summed E-state index contributed by atoms with van der Waals surface area (Å²) >= 11 is 0. The molecule has 1 aromatic carbocycles. The average molecular weight is 329 g/mol. The van der Waals surface area contributed by atoms with E-state index in [9.17, 15) is 10.1 Å². The van der Waals surface area contributed by atoms with Gasteiger partial charge in [0.15, 0.2) is 11.5 Å². The van der Waals surface area contributed by atoms with Gasteiger partial charge in [-0.25, -0.2) is 0 Å². The lowest BCUT2D eigenvalue weighted by Gasteiger charge is -2.39. The first-order valence-corrected chi connectivity index (χ1v) is 8.23. The van der Waals surface area contributed by atoms with Crippen LogP contribution in [-0.2, 0) is 4.79 Å². The van der Waals surface area contributed by atoms with Gasteiger partial charge < -0.3 is 14.4 Å². The standard InChI is InChI=1S/C18H23N3O3/c1-18(2,3)17(22)21-8-6-20(7-9-21)14(11-19)13-4-5-15-16(10-13)24-12-23-15/h4-5,10,14H,6-9,12H2,1-3H3. The lowest BCUT2D eigenvalue weighted by atomic mass is 9.94. The molecule has 0 bridgehead atoms. The van der Waals surface area contributed by atoms with Crippen LogP contribution in [0.1, 0.15) is 32.4 Å². The third-order valence-electron chi connectivity index (χ3n) is 4.44. The molecule has 0 spiro atoms. The molecule has 0 aliphatic carbocycles. The Labute approximate surface area is 142 Å². The Balaban J connectivity index is 1.68. The van der Waals surface area contributed by atoms with Crippen molar-refractivity contribution in [2.24, 2.45) is 5.41 Å². The van der Waals surface area contributed by atoms with Gasteiger partial charge in [0.2, 0.25) is 12.7 Å². The molecule has 6 heteroatoms. The van der Waals surface area contributed by atoms with Crippen molar-refractivity contribution < 1.29 is 14.3 Å². The fraction of sp³-hybridized carbons (Fsp3) is 0.556. The van der Waals surface area contributed by atoms with Crippen molar-refractivity contribution in [2.45, 2.75) is 26.8 Å². The van der Waals surface area contributed by atoms with Gasteiger partial charge >= 0.3 is 0 Å². The molecule has 128 valence electrons. The summed E-state index contributed by atoms with van der Waals surface area (Å²) in [5.41, 5.74) is 0.533. The Hall–Kier alpha value is -2.26. The third kappa shape index (κ3) is 3.17. The maximum Gasteiger partial charge on any atom is 0.231 e. The Morgan fingerprint density at radius 1 is 1.17 bits per heavy atom. The molecule has 1 amide bonds. The predicted octanol–water partition coefficient (Wildman–Crippen LogP) is 2.17. The van der Waals surface area contributed by atoms with Gasteiger partial charge in [-0.1, -0.05) is 26.8 Å². The van der Waals surface area contributed by atoms with Gasteiger partial charge in [-0.2, -0.15) is 5.26 Å². The molecule has 0 aromatic heterocycles. The molecular weight excluding hydrogens is 306 g/mol.